The summed E-state index contributed by atoms with van der Waals surface area (Å²) in [6.07, 6.45) is 6.37. The average Bonchev–Trinajstić information content (AvgIpc) is 3.10. The van der Waals surface area contributed by atoms with Crippen molar-refractivity contribution < 1.29 is 4.74 Å². The first-order valence-corrected chi connectivity index (χ1v) is 7.63. The van der Waals surface area contributed by atoms with Gasteiger partial charge >= 0.3 is 0 Å². The molecule has 4 heteroatoms. The molecule has 2 heterocycles. The molecular formula is C17H23N3O. The Balaban J connectivity index is 1.49. The molecule has 1 aliphatic rings. The van der Waals surface area contributed by atoms with E-state index >= 15 is 0 Å². The van der Waals surface area contributed by atoms with E-state index in [1.54, 1.807) is 0 Å². The van der Waals surface area contributed by atoms with Gasteiger partial charge in [-0.25, -0.2) is 0 Å². The van der Waals surface area contributed by atoms with Crippen LogP contribution in [0.3, 0.4) is 0 Å². The van der Waals surface area contributed by atoms with E-state index in [0.29, 0.717) is 0 Å². The highest BCUT2D eigenvalue weighted by Crippen LogP contribution is 2.23. The van der Waals surface area contributed by atoms with Crippen LogP contribution in [0.25, 0.3) is 0 Å². The molecule has 0 saturated carbocycles. The van der Waals surface area contributed by atoms with Gasteiger partial charge < -0.3 is 10.1 Å². The largest absolute Gasteiger partial charge is 0.374 e. The Bertz CT molecular complexity index is 558. The molecule has 4 nitrogen and oxygen atoms in total. The highest BCUT2D eigenvalue weighted by atomic mass is 16.5. The second-order valence-electron chi connectivity index (χ2n) is 6.04. The van der Waals surface area contributed by atoms with Crippen molar-refractivity contribution in [2.75, 3.05) is 13.2 Å². The van der Waals surface area contributed by atoms with Gasteiger partial charge in [-0.05, 0) is 25.3 Å². The maximum absolute atomic E-state index is 5.78. The standard InChI is InChI=1S/C17H23N3O/c1-17(8-5-9-21-17)14-18-10-16-11-19-20(13-16)12-15-6-3-2-4-7-15/h2-4,6-7,11,13,18H,5,8-10,12,14H2,1H3. The summed E-state index contributed by atoms with van der Waals surface area (Å²) >= 11 is 0. The zero-order valence-corrected chi connectivity index (χ0v) is 12.6. The number of nitrogens with zero attached hydrogens (tertiary/aromatic N) is 2. The molecule has 0 spiro atoms. The molecule has 1 N–H and O–H groups in total. The van der Waals surface area contributed by atoms with Gasteiger partial charge in [0.15, 0.2) is 0 Å². The van der Waals surface area contributed by atoms with E-state index in [2.05, 4.69) is 47.8 Å². The molecule has 1 atom stereocenters. The van der Waals surface area contributed by atoms with E-state index in [1.807, 2.05) is 16.9 Å². The van der Waals surface area contributed by atoms with E-state index in [9.17, 15) is 0 Å². The maximum atomic E-state index is 5.78. The highest BCUT2D eigenvalue weighted by Gasteiger charge is 2.28. The summed E-state index contributed by atoms with van der Waals surface area (Å²) in [6.45, 7) is 5.64. The van der Waals surface area contributed by atoms with Crippen LogP contribution in [-0.2, 0) is 17.8 Å². The van der Waals surface area contributed by atoms with Crippen LogP contribution in [0.5, 0.6) is 0 Å². The van der Waals surface area contributed by atoms with Gasteiger partial charge in [-0.2, -0.15) is 5.10 Å². The summed E-state index contributed by atoms with van der Waals surface area (Å²) in [4.78, 5) is 0. The zero-order valence-electron chi connectivity index (χ0n) is 12.6. The van der Waals surface area contributed by atoms with Gasteiger partial charge in [-0.15, -0.1) is 0 Å². The van der Waals surface area contributed by atoms with Crippen LogP contribution in [0.4, 0.5) is 0 Å². The van der Waals surface area contributed by atoms with Crippen molar-refractivity contribution in [2.45, 2.75) is 38.5 Å². The van der Waals surface area contributed by atoms with Crippen LogP contribution >= 0.6 is 0 Å². The second kappa shape index (κ2) is 6.41. The van der Waals surface area contributed by atoms with Crippen LogP contribution in [0.2, 0.25) is 0 Å². The number of rotatable bonds is 6. The number of nitrogens with one attached hydrogen (secondary N) is 1. The molecule has 21 heavy (non-hydrogen) atoms. The molecule has 0 amide bonds. The first-order valence-electron chi connectivity index (χ1n) is 7.63. The van der Waals surface area contributed by atoms with Gasteiger partial charge in [0.2, 0.25) is 0 Å². The smallest absolute Gasteiger partial charge is 0.0779 e. The number of hydrogen-bond acceptors (Lipinski definition) is 3. The van der Waals surface area contributed by atoms with Crippen LogP contribution in [0.1, 0.15) is 30.9 Å². The zero-order chi connectivity index (χ0) is 14.5. The van der Waals surface area contributed by atoms with Crippen molar-refractivity contribution in [3.05, 3.63) is 53.9 Å². The number of aromatic nitrogens is 2. The number of ether oxygens (including phenoxy) is 1. The highest BCUT2D eigenvalue weighted by molar-refractivity contribution is 5.15. The third-order valence-corrected chi connectivity index (χ3v) is 4.00. The van der Waals surface area contributed by atoms with E-state index in [4.69, 9.17) is 4.74 Å². The Morgan fingerprint density at radius 1 is 1.29 bits per heavy atom. The SMILES string of the molecule is CC1(CNCc2cnn(Cc3ccccc3)c2)CCCO1. The molecule has 1 fully saturated rings. The summed E-state index contributed by atoms with van der Waals surface area (Å²) < 4.78 is 7.77. The fraction of sp³-hybridized carbons (Fsp3) is 0.471. The molecule has 112 valence electrons. The van der Waals surface area contributed by atoms with Crippen LogP contribution in [0.15, 0.2) is 42.7 Å². The number of hydrogen-bond donors (Lipinski definition) is 1. The van der Waals surface area contributed by atoms with Gasteiger partial charge in [-0.3, -0.25) is 4.68 Å². The Kier molecular flexibility index (Phi) is 4.36. The van der Waals surface area contributed by atoms with Crippen LogP contribution < -0.4 is 5.32 Å². The third kappa shape index (κ3) is 3.93. The molecular weight excluding hydrogens is 262 g/mol. The predicted octanol–water partition coefficient (Wildman–Crippen LogP) is 2.59. The predicted molar refractivity (Wildman–Crippen MR) is 83.1 cm³/mol. The first-order chi connectivity index (χ1) is 10.2. The Hall–Kier alpha value is -1.65. The van der Waals surface area contributed by atoms with Gasteiger partial charge in [0, 0.05) is 31.5 Å². The Morgan fingerprint density at radius 2 is 2.14 bits per heavy atom. The molecule has 0 bridgehead atoms. The monoisotopic (exact) mass is 285 g/mol. The summed E-state index contributed by atoms with van der Waals surface area (Å²) in [5, 5.41) is 7.91. The third-order valence-electron chi connectivity index (χ3n) is 4.00. The molecule has 1 aromatic heterocycles. The lowest BCUT2D eigenvalue weighted by atomic mass is 10.0. The summed E-state index contributed by atoms with van der Waals surface area (Å²) in [6, 6.07) is 10.4. The fourth-order valence-corrected chi connectivity index (χ4v) is 2.80. The maximum Gasteiger partial charge on any atom is 0.0779 e. The molecule has 1 aromatic carbocycles. The normalized spacial score (nSPS) is 21.8. The van der Waals surface area contributed by atoms with E-state index < -0.39 is 0 Å². The van der Waals surface area contributed by atoms with Crippen molar-refractivity contribution in [3.63, 3.8) is 0 Å². The van der Waals surface area contributed by atoms with Gasteiger partial charge in [0.25, 0.3) is 0 Å². The van der Waals surface area contributed by atoms with Crippen molar-refractivity contribution in [1.29, 1.82) is 0 Å². The molecule has 1 saturated heterocycles. The van der Waals surface area contributed by atoms with Gasteiger partial charge in [-0.1, -0.05) is 30.3 Å². The van der Waals surface area contributed by atoms with Crippen LogP contribution in [0, 0.1) is 0 Å². The van der Waals surface area contributed by atoms with E-state index in [-0.39, 0.29) is 5.60 Å². The molecule has 1 aliphatic heterocycles. The molecule has 0 radical (unpaired) electrons. The van der Waals surface area contributed by atoms with Crippen molar-refractivity contribution >= 4 is 0 Å². The molecule has 0 aliphatic carbocycles. The molecule has 3 rings (SSSR count). The van der Waals surface area contributed by atoms with Crippen molar-refractivity contribution in [1.82, 2.24) is 15.1 Å². The van der Waals surface area contributed by atoms with Crippen molar-refractivity contribution in [2.24, 2.45) is 0 Å². The van der Waals surface area contributed by atoms with Gasteiger partial charge in [0.05, 0.1) is 18.3 Å². The van der Waals surface area contributed by atoms with E-state index in [0.717, 1.165) is 32.7 Å². The summed E-state index contributed by atoms with van der Waals surface area (Å²) in [7, 11) is 0. The number of benzene rings is 1. The van der Waals surface area contributed by atoms with Crippen molar-refractivity contribution in [3.8, 4) is 0 Å². The molecule has 2 aromatic rings. The minimum Gasteiger partial charge on any atom is -0.374 e. The lowest BCUT2D eigenvalue weighted by molar-refractivity contribution is 0.0207. The second-order valence-corrected chi connectivity index (χ2v) is 6.04. The lowest BCUT2D eigenvalue weighted by Gasteiger charge is -2.23. The fourth-order valence-electron chi connectivity index (χ4n) is 2.80. The Morgan fingerprint density at radius 3 is 2.90 bits per heavy atom. The lowest BCUT2D eigenvalue weighted by Crippen LogP contribution is -2.36. The van der Waals surface area contributed by atoms with Crippen LogP contribution in [-0.4, -0.2) is 28.5 Å². The molecule has 1 unspecified atom stereocenters. The average molecular weight is 285 g/mol. The summed E-state index contributed by atoms with van der Waals surface area (Å²) in [5.41, 5.74) is 2.50. The minimum atomic E-state index is 0.0139. The summed E-state index contributed by atoms with van der Waals surface area (Å²) in [5.74, 6) is 0. The van der Waals surface area contributed by atoms with E-state index in [1.165, 1.54) is 17.5 Å². The quantitative estimate of drug-likeness (QED) is 0.886. The topological polar surface area (TPSA) is 39.1 Å². The first kappa shape index (κ1) is 14.3. The Labute approximate surface area is 126 Å². The minimum absolute atomic E-state index is 0.0139. The van der Waals surface area contributed by atoms with Gasteiger partial charge in [0.1, 0.15) is 0 Å².